The summed E-state index contributed by atoms with van der Waals surface area (Å²) in [4.78, 5) is 2.42. The van der Waals surface area contributed by atoms with Crippen molar-refractivity contribution in [1.29, 1.82) is 0 Å². The lowest BCUT2D eigenvalue weighted by Gasteiger charge is -2.24. The molecule has 172 valence electrons. The maximum absolute atomic E-state index is 2.42. The van der Waals surface area contributed by atoms with E-state index in [1.54, 1.807) is 0 Å². The Bertz CT molecular complexity index is 611. The molecule has 31 heavy (non-hydrogen) atoms. The molecule has 1 nitrogen and oxygen atoms in total. The first-order chi connectivity index (χ1) is 15.3. The predicted molar refractivity (Wildman–Crippen MR) is 140 cm³/mol. The Labute approximate surface area is 193 Å². The summed E-state index contributed by atoms with van der Waals surface area (Å²) in [6.45, 7) is 7.81. The van der Waals surface area contributed by atoms with Crippen molar-refractivity contribution in [2.75, 3.05) is 11.4 Å². The molecule has 0 bridgehead atoms. The fraction of sp³-hybridized carbons (Fsp3) is 0.600. The minimum Gasteiger partial charge on any atom is -0.342 e. The van der Waals surface area contributed by atoms with E-state index in [1.165, 1.54) is 112 Å². The SMILES string of the molecule is CCCCCCCCc1ccc(N(CC)c2ccc(CCCCCCCC)cc2)cc1. The number of rotatable bonds is 17. The van der Waals surface area contributed by atoms with Crippen LogP contribution in [0.2, 0.25) is 0 Å². The minimum atomic E-state index is 0.994. The third-order valence-corrected chi connectivity index (χ3v) is 6.45. The molecule has 0 amide bonds. The number of unbranched alkanes of at least 4 members (excludes halogenated alkanes) is 10. The van der Waals surface area contributed by atoms with E-state index in [0.29, 0.717) is 0 Å². The molecule has 0 unspecified atom stereocenters. The summed E-state index contributed by atoms with van der Waals surface area (Å²) in [5.74, 6) is 0. The molecule has 2 aromatic carbocycles. The first-order valence-electron chi connectivity index (χ1n) is 13.2. The van der Waals surface area contributed by atoms with Crippen molar-refractivity contribution >= 4 is 11.4 Å². The van der Waals surface area contributed by atoms with Crippen LogP contribution < -0.4 is 4.90 Å². The molecule has 0 aliphatic carbocycles. The van der Waals surface area contributed by atoms with E-state index in [-0.39, 0.29) is 0 Å². The highest BCUT2D eigenvalue weighted by molar-refractivity contribution is 5.63. The molecule has 0 heterocycles. The zero-order valence-electron chi connectivity index (χ0n) is 20.7. The first-order valence-corrected chi connectivity index (χ1v) is 13.2. The maximum Gasteiger partial charge on any atom is 0.0410 e. The lowest BCUT2D eigenvalue weighted by atomic mass is 10.0. The van der Waals surface area contributed by atoms with Crippen LogP contribution >= 0.6 is 0 Å². The highest BCUT2D eigenvalue weighted by Gasteiger charge is 2.07. The third kappa shape index (κ3) is 9.93. The zero-order valence-corrected chi connectivity index (χ0v) is 20.7. The monoisotopic (exact) mass is 421 g/mol. The van der Waals surface area contributed by atoms with Crippen molar-refractivity contribution in [3.63, 3.8) is 0 Å². The van der Waals surface area contributed by atoms with Gasteiger partial charge in [0.1, 0.15) is 0 Å². The predicted octanol–water partition coefficient (Wildman–Crippen LogP) is 9.65. The van der Waals surface area contributed by atoms with Gasteiger partial charge < -0.3 is 4.90 Å². The van der Waals surface area contributed by atoms with E-state index >= 15 is 0 Å². The molecule has 2 rings (SSSR count). The molecule has 0 atom stereocenters. The van der Waals surface area contributed by atoms with Gasteiger partial charge in [0.2, 0.25) is 0 Å². The summed E-state index contributed by atoms with van der Waals surface area (Å²) in [5, 5.41) is 0. The molecule has 0 aliphatic rings. The van der Waals surface area contributed by atoms with E-state index in [1.807, 2.05) is 0 Å². The largest absolute Gasteiger partial charge is 0.342 e. The van der Waals surface area contributed by atoms with Gasteiger partial charge in [-0.1, -0.05) is 102 Å². The molecule has 0 N–H and O–H groups in total. The average molecular weight is 422 g/mol. The highest BCUT2D eigenvalue weighted by Crippen LogP contribution is 2.26. The Balaban J connectivity index is 1.80. The zero-order chi connectivity index (χ0) is 22.2. The van der Waals surface area contributed by atoms with Crippen LogP contribution in [-0.4, -0.2) is 6.54 Å². The summed E-state index contributed by atoms with van der Waals surface area (Å²) in [6, 6.07) is 18.5. The van der Waals surface area contributed by atoms with Crippen LogP contribution in [0.25, 0.3) is 0 Å². The van der Waals surface area contributed by atoms with Crippen LogP contribution in [-0.2, 0) is 12.8 Å². The normalized spacial score (nSPS) is 11.1. The van der Waals surface area contributed by atoms with E-state index in [0.717, 1.165) is 6.54 Å². The summed E-state index contributed by atoms with van der Waals surface area (Å²) in [6.07, 6.45) is 18.8. The second kappa shape index (κ2) is 16.0. The second-order valence-electron chi connectivity index (χ2n) is 9.11. The number of aryl methyl sites for hydroxylation is 2. The Hall–Kier alpha value is -1.76. The van der Waals surface area contributed by atoms with Crippen LogP contribution in [0.4, 0.5) is 11.4 Å². The van der Waals surface area contributed by atoms with Crippen molar-refractivity contribution in [3.8, 4) is 0 Å². The summed E-state index contributed by atoms with van der Waals surface area (Å²) >= 11 is 0. The smallest absolute Gasteiger partial charge is 0.0410 e. The second-order valence-corrected chi connectivity index (χ2v) is 9.11. The van der Waals surface area contributed by atoms with Gasteiger partial charge in [-0.2, -0.15) is 0 Å². The summed E-state index contributed by atoms with van der Waals surface area (Å²) < 4.78 is 0. The standard InChI is InChI=1S/C30H47N/c1-4-7-9-11-13-15-17-27-19-23-29(24-20-27)31(6-3)30-25-21-28(22-26-30)18-16-14-12-10-8-5-2/h19-26H,4-18H2,1-3H3. The van der Waals surface area contributed by atoms with Gasteiger partial charge in [-0.05, 0) is 68.0 Å². The van der Waals surface area contributed by atoms with Gasteiger partial charge in [0.25, 0.3) is 0 Å². The number of benzene rings is 2. The Kier molecular flexibility index (Phi) is 13.1. The van der Waals surface area contributed by atoms with Crippen LogP contribution in [0.5, 0.6) is 0 Å². The minimum absolute atomic E-state index is 0.994. The molecule has 0 spiro atoms. The van der Waals surface area contributed by atoms with E-state index in [2.05, 4.69) is 74.2 Å². The maximum atomic E-state index is 2.42. The Morgan fingerprint density at radius 2 is 0.806 bits per heavy atom. The van der Waals surface area contributed by atoms with Gasteiger partial charge in [-0.15, -0.1) is 0 Å². The molecule has 1 heteroatoms. The van der Waals surface area contributed by atoms with Gasteiger partial charge >= 0.3 is 0 Å². The van der Waals surface area contributed by atoms with Gasteiger partial charge in [-0.25, -0.2) is 0 Å². The number of anilines is 2. The van der Waals surface area contributed by atoms with Gasteiger partial charge in [0.05, 0.1) is 0 Å². The van der Waals surface area contributed by atoms with Gasteiger partial charge in [0, 0.05) is 17.9 Å². The van der Waals surface area contributed by atoms with Crippen molar-refractivity contribution in [2.24, 2.45) is 0 Å². The molecular weight excluding hydrogens is 374 g/mol. The highest BCUT2D eigenvalue weighted by atomic mass is 15.1. The van der Waals surface area contributed by atoms with Crippen LogP contribution in [0.3, 0.4) is 0 Å². The molecule has 2 aromatic rings. The lowest BCUT2D eigenvalue weighted by Crippen LogP contribution is -2.15. The fourth-order valence-electron chi connectivity index (χ4n) is 4.42. The number of hydrogen-bond donors (Lipinski definition) is 0. The van der Waals surface area contributed by atoms with Crippen molar-refractivity contribution in [1.82, 2.24) is 0 Å². The Morgan fingerprint density at radius 3 is 1.16 bits per heavy atom. The van der Waals surface area contributed by atoms with Crippen LogP contribution in [0.1, 0.15) is 109 Å². The molecule has 0 fully saturated rings. The van der Waals surface area contributed by atoms with Crippen LogP contribution in [0.15, 0.2) is 48.5 Å². The van der Waals surface area contributed by atoms with Gasteiger partial charge in [0.15, 0.2) is 0 Å². The quantitative estimate of drug-likeness (QED) is 0.230. The first kappa shape index (κ1) is 25.5. The number of nitrogens with zero attached hydrogens (tertiary/aromatic N) is 1. The molecule has 0 aromatic heterocycles. The molecule has 0 saturated heterocycles. The molecule has 0 aliphatic heterocycles. The van der Waals surface area contributed by atoms with Gasteiger partial charge in [-0.3, -0.25) is 0 Å². The van der Waals surface area contributed by atoms with E-state index < -0.39 is 0 Å². The van der Waals surface area contributed by atoms with E-state index in [4.69, 9.17) is 0 Å². The van der Waals surface area contributed by atoms with Crippen molar-refractivity contribution in [2.45, 2.75) is 111 Å². The lowest BCUT2D eigenvalue weighted by molar-refractivity contribution is 0.607. The average Bonchev–Trinajstić information content (AvgIpc) is 2.81. The van der Waals surface area contributed by atoms with Crippen molar-refractivity contribution < 1.29 is 0 Å². The van der Waals surface area contributed by atoms with Crippen molar-refractivity contribution in [3.05, 3.63) is 59.7 Å². The summed E-state index contributed by atoms with van der Waals surface area (Å²) in [5.41, 5.74) is 5.56. The number of hydrogen-bond acceptors (Lipinski definition) is 1. The molecule has 0 saturated carbocycles. The third-order valence-electron chi connectivity index (χ3n) is 6.45. The topological polar surface area (TPSA) is 3.24 Å². The molecular formula is C30H47N. The molecule has 0 radical (unpaired) electrons. The van der Waals surface area contributed by atoms with E-state index in [9.17, 15) is 0 Å². The Morgan fingerprint density at radius 1 is 0.452 bits per heavy atom. The fourth-order valence-corrected chi connectivity index (χ4v) is 4.42. The summed E-state index contributed by atoms with van der Waals surface area (Å²) in [7, 11) is 0. The van der Waals surface area contributed by atoms with Crippen LogP contribution in [0, 0.1) is 0 Å².